The Hall–Kier alpha value is -1.43. The van der Waals surface area contributed by atoms with Crippen LogP contribution in [0.5, 0.6) is 0 Å². The van der Waals surface area contributed by atoms with E-state index < -0.39 is 0 Å². The molecule has 0 spiro atoms. The zero-order valence-corrected chi connectivity index (χ0v) is 17.8. The molecule has 1 aromatic carbocycles. The third-order valence-electron chi connectivity index (χ3n) is 7.43. The van der Waals surface area contributed by atoms with Crippen molar-refractivity contribution in [1.82, 2.24) is 10.2 Å². The maximum Gasteiger partial charge on any atom is 0.223 e. The summed E-state index contributed by atoms with van der Waals surface area (Å²) in [6, 6.07) is 11.0. The Morgan fingerprint density at radius 2 is 1.97 bits per heavy atom. The van der Waals surface area contributed by atoms with Crippen LogP contribution in [0.25, 0.3) is 0 Å². The summed E-state index contributed by atoms with van der Waals surface area (Å²) in [6.45, 7) is 5.63. The number of hydrogen-bond donors (Lipinski definition) is 2. The van der Waals surface area contributed by atoms with Gasteiger partial charge in [-0.2, -0.15) is 0 Å². The molecule has 2 saturated carbocycles. The molecule has 0 radical (unpaired) electrons. The second-order valence-electron chi connectivity index (χ2n) is 9.35. The molecule has 2 bridgehead atoms. The summed E-state index contributed by atoms with van der Waals surface area (Å²) in [4.78, 5) is 15.5. The van der Waals surface area contributed by atoms with Gasteiger partial charge in [-0.3, -0.25) is 9.69 Å². The number of hydrogen-bond acceptors (Lipinski definition) is 4. The van der Waals surface area contributed by atoms with Gasteiger partial charge in [-0.1, -0.05) is 43.7 Å². The molecule has 5 heteroatoms. The van der Waals surface area contributed by atoms with Gasteiger partial charge in [0.05, 0.1) is 18.8 Å². The van der Waals surface area contributed by atoms with Gasteiger partial charge < -0.3 is 15.8 Å². The molecule has 1 saturated heterocycles. The fourth-order valence-electron chi connectivity index (χ4n) is 5.72. The Morgan fingerprint density at radius 3 is 2.66 bits per heavy atom. The Balaban J connectivity index is 1.33. The number of nitrogens with two attached hydrogens (primary N) is 1. The summed E-state index contributed by atoms with van der Waals surface area (Å²) >= 11 is 0. The first-order chi connectivity index (χ1) is 14.1. The lowest BCUT2D eigenvalue weighted by Gasteiger charge is -2.44. The maximum absolute atomic E-state index is 13.1. The summed E-state index contributed by atoms with van der Waals surface area (Å²) in [5.41, 5.74) is 7.74. The average molecular weight is 400 g/mol. The van der Waals surface area contributed by atoms with E-state index in [9.17, 15) is 4.79 Å². The fourth-order valence-corrected chi connectivity index (χ4v) is 5.72. The minimum Gasteiger partial charge on any atom is -0.373 e. The van der Waals surface area contributed by atoms with Gasteiger partial charge in [0, 0.05) is 31.6 Å². The monoisotopic (exact) mass is 399 g/mol. The fraction of sp³-hybridized carbons (Fsp3) is 0.708. The highest BCUT2D eigenvalue weighted by molar-refractivity contribution is 5.79. The van der Waals surface area contributed by atoms with Crippen LogP contribution in [0.4, 0.5) is 0 Å². The smallest absolute Gasteiger partial charge is 0.223 e. The second kappa shape index (κ2) is 9.59. The Bertz CT molecular complexity index is 653. The van der Waals surface area contributed by atoms with Gasteiger partial charge in [-0.05, 0) is 49.5 Å². The summed E-state index contributed by atoms with van der Waals surface area (Å²) in [7, 11) is 0. The van der Waals surface area contributed by atoms with Gasteiger partial charge in [-0.15, -0.1) is 0 Å². The van der Waals surface area contributed by atoms with Gasteiger partial charge >= 0.3 is 0 Å². The normalized spacial score (nSPS) is 33.8. The van der Waals surface area contributed by atoms with Crippen molar-refractivity contribution in [3.63, 3.8) is 0 Å². The van der Waals surface area contributed by atoms with E-state index in [0.29, 0.717) is 17.9 Å². The van der Waals surface area contributed by atoms with Crippen LogP contribution in [0.15, 0.2) is 30.3 Å². The standard InChI is InChI=1S/C24H37N3O2/c1-2-21(22-16-27(11-12-29-22)15-17-7-4-3-5-8-17)26-24(28)20-13-18-9-6-10-19(14-20)23(18)25/h3-5,7-8,18-23H,2,6,9-16,25H2,1H3,(H,26,28). The van der Waals surface area contributed by atoms with E-state index in [-0.39, 0.29) is 24.0 Å². The number of nitrogens with one attached hydrogen (secondary N) is 1. The molecule has 1 aliphatic heterocycles. The third-order valence-corrected chi connectivity index (χ3v) is 7.43. The summed E-state index contributed by atoms with van der Waals surface area (Å²) in [5, 5.41) is 3.36. The zero-order chi connectivity index (χ0) is 20.2. The van der Waals surface area contributed by atoms with Crippen LogP contribution < -0.4 is 11.1 Å². The lowest BCUT2D eigenvalue weighted by molar-refractivity contribution is -0.131. The van der Waals surface area contributed by atoms with Crippen LogP contribution in [0.3, 0.4) is 0 Å². The van der Waals surface area contributed by atoms with E-state index in [0.717, 1.165) is 45.5 Å². The van der Waals surface area contributed by atoms with Crippen molar-refractivity contribution in [1.29, 1.82) is 0 Å². The predicted molar refractivity (Wildman–Crippen MR) is 115 cm³/mol. The number of rotatable bonds is 6. The highest BCUT2D eigenvalue weighted by atomic mass is 16.5. The van der Waals surface area contributed by atoms with Crippen molar-refractivity contribution in [3.05, 3.63) is 35.9 Å². The molecule has 1 aromatic rings. The molecule has 5 nitrogen and oxygen atoms in total. The van der Waals surface area contributed by atoms with Crippen LogP contribution >= 0.6 is 0 Å². The first kappa shape index (κ1) is 20.8. The van der Waals surface area contributed by atoms with Crippen molar-refractivity contribution >= 4 is 5.91 Å². The molecule has 4 atom stereocenters. The molecule has 1 amide bonds. The number of fused-ring (bicyclic) bond motifs is 2. The highest BCUT2D eigenvalue weighted by Gasteiger charge is 2.41. The van der Waals surface area contributed by atoms with Crippen LogP contribution in [0, 0.1) is 17.8 Å². The van der Waals surface area contributed by atoms with Gasteiger partial charge in [0.1, 0.15) is 0 Å². The average Bonchev–Trinajstić information content (AvgIpc) is 2.72. The van der Waals surface area contributed by atoms with E-state index in [4.69, 9.17) is 10.5 Å². The largest absolute Gasteiger partial charge is 0.373 e. The Kier molecular flexibility index (Phi) is 6.88. The summed E-state index contributed by atoms with van der Waals surface area (Å²) in [5.74, 6) is 1.42. The minimum atomic E-state index is 0.0618. The molecule has 0 aromatic heterocycles. The van der Waals surface area contributed by atoms with Crippen LogP contribution in [-0.2, 0) is 16.1 Å². The number of ether oxygens (including phenoxy) is 1. The van der Waals surface area contributed by atoms with Crippen molar-refractivity contribution in [2.75, 3.05) is 19.7 Å². The number of benzene rings is 1. The zero-order valence-electron chi connectivity index (χ0n) is 17.8. The van der Waals surface area contributed by atoms with Crippen LogP contribution in [-0.4, -0.2) is 48.7 Å². The van der Waals surface area contributed by atoms with Crippen molar-refractivity contribution in [2.24, 2.45) is 23.5 Å². The molecule has 4 unspecified atom stereocenters. The number of amides is 1. The van der Waals surface area contributed by atoms with E-state index >= 15 is 0 Å². The first-order valence-corrected chi connectivity index (χ1v) is 11.6. The van der Waals surface area contributed by atoms with E-state index in [2.05, 4.69) is 47.5 Å². The molecule has 3 fully saturated rings. The number of nitrogens with zero attached hydrogens (tertiary/aromatic N) is 1. The Labute approximate surface area is 175 Å². The van der Waals surface area contributed by atoms with Crippen molar-refractivity contribution < 1.29 is 9.53 Å². The molecule has 4 rings (SSSR count). The molecule has 3 N–H and O–H groups in total. The van der Waals surface area contributed by atoms with Gasteiger partial charge in [-0.25, -0.2) is 0 Å². The summed E-state index contributed by atoms with van der Waals surface area (Å²) in [6.07, 6.45) is 6.55. The van der Waals surface area contributed by atoms with E-state index in [1.807, 2.05) is 0 Å². The van der Waals surface area contributed by atoms with Gasteiger partial charge in [0.2, 0.25) is 5.91 Å². The lowest BCUT2D eigenvalue weighted by atomic mass is 9.65. The summed E-state index contributed by atoms with van der Waals surface area (Å²) < 4.78 is 6.10. The number of morpholine rings is 1. The van der Waals surface area contributed by atoms with E-state index in [1.165, 1.54) is 24.8 Å². The predicted octanol–water partition coefficient (Wildman–Crippen LogP) is 2.94. The molecule has 1 heterocycles. The molecular weight excluding hydrogens is 362 g/mol. The SMILES string of the molecule is CCC(NC(=O)C1CC2CCCC(C1)C2N)C1CN(Cc2ccccc2)CCO1. The maximum atomic E-state index is 13.1. The molecule has 3 aliphatic rings. The molecule has 160 valence electrons. The third kappa shape index (κ3) is 5.01. The van der Waals surface area contributed by atoms with Crippen molar-refractivity contribution in [2.45, 2.75) is 70.2 Å². The quantitative estimate of drug-likeness (QED) is 0.772. The van der Waals surface area contributed by atoms with Crippen LogP contribution in [0.2, 0.25) is 0 Å². The molecule has 2 aliphatic carbocycles. The van der Waals surface area contributed by atoms with Gasteiger partial charge in [0.25, 0.3) is 0 Å². The second-order valence-corrected chi connectivity index (χ2v) is 9.35. The number of carbonyl (C=O) groups is 1. The Morgan fingerprint density at radius 1 is 1.24 bits per heavy atom. The van der Waals surface area contributed by atoms with Crippen LogP contribution in [0.1, 0.15) is 51.0 Å². The minimum absolute atomic E-state index is 0.0618. The molecular formula is C24H37N3O2. The highest BCUT2D eigenvalue weighted by Crippen LogP contribution is 2.42. The molecule has 29 heavy (non-hydrogen) atoms. The van der Waals surface area contributed by atoms with E-state index in [1.54, 1.807) is 0 Å². The first-order valence-electron chi connectivity index (χ1n) is 11.6. The van der Waals surface area contributed by atoms with Crippen molar-refractivity contribution in [3.8, 4) is 0 Å². The van der Waals surface area contributed by atoms with Gasteiger partial charge in [0.15, 0.2) is 0 Å². The topological polar surface area (TPSA) is 67.6 Å². The lowest BCUT2D eigenvalue weighted by Crippen LogP contribution is -2.55. The number of carbonyl (C=O) groups excluding carboxylic acids is 1.